The van der Waals surface area contributed by atoms with E-state index in [2.05, 4.69) is 0 Å². The second-order valence-electron chi connectivity index (χ2n) is 9.00. The third-order valence-corrected chi connectivity index (χ3v) is 8.62. The van der Waals surface area contributed by atoms with Crippen molar-refractivity contribution in [3.63, 3.8) is 0 Å². The molecule has 6 nitrogen and oxygen atoms in total. The number of thiazole rings is 1. The van der Waals surface area contributed by atoms with E-state index < -0.39 is 21.6 Å². The van der Waals surface area contributed by atoms with Crippen molar-refractivity contribution in [2.75, 3.05) is 11.3 Å². The minimum absolute atomic E-state index is 0.107. The molecule has 1 aliphatic heterocycles. The molecule has 0 spiro atoms. The summed E-state index contributed by atoms with van der Waals surface area (Å²) in [5.41, 5.74) is -2.56. The maximum Gasteiger partial charge on any atom is 0.516 e. The van der Waals surface area contributed by atoms with E-state index in [0.29, 0.717) is 16.9 Å². The van der Waals surface area contributed by atoms with E-state index in [-0.39, 0.29) is 29.7 Å². The van der Waals surface area contributed by atoms with Crippen LogP contribution < -0.4 is 9.46 Å². The van der Waals surface area contributed by atoms with Crippen LogP contribution in [0.25, 0.3) is 21.7 Å². The Bertz CT molecular complexity index is 1560. The first-order valence-electron chi connectivity index (χ1n) is 11.7. The number of anilines is 1. The smallest absolute Gasteiger partial charge is 0.493 e. The number of ether oxygens (including phenoxy) is 1. The highest BCUT2D eigenvalue weighted by atomic mass is 32.2. The van der Waals surface area contributed by atoms with Crippen LogP contribution in [0.15, 0.2) is 78.2 Å². The number of aliphatic hydroxyl groups excluding tert-OH is 1. The number of hydrogen-bond donors (Lipinski definition) is 2. The lowest BCUT2D eigenvalue weighted by Gasteiger charge is -2.34. The van der Waals surface area contributed by atoms with Crippen molar-refractivity contribution in [3.8, 4) is 27.4 Å². The van der Waals surface area contributed by atoms with E-state index in [1.807, 2.05) is 42.6 Å². The molecule has 0 aliphatic carbocycles. The second-order valence-corrected chi connectivity index (χ2v) is 11.5. The fourth-order valence-electron chi connectivity index (χ4n) is 4.45. The molecule has 1 aliphatic rings. The first kappa shape index (κ1) is 26.2. The average molecular weight is 561 g/mol. The molecule has 0 saturated heterocycles. The highest BCUT2D eigenvalue weighted by Gasteiger charge is 2.46. The van der Waals surface area contributed by atoms with Gasteiger partial charge in [-0.25, -0.2) is 4.98 Å². The molecule has 0 saturated carbocycles. The van der Waals surface area contributed by atoms with Gasteiger partial charge in [0, 0.05) is 33.9 Å². The van der Waals surface area contributed by atoms with E-state index in [1.165, 1.54) is 29.5 Å². The number of rotatable bonds is 6. The number of nitrogens with zero attached hydrogens (tertiary/aromatic N) is 1. The molecule has 0 bridgehead atoms. The number of aromatic nitrogens is 1. The monoisotopic (exact) mass is 560 g/mol. The number of nitrogens with one attached hydrogen (secondary N) is 1. The van der Waals surface area contributed by atoms with Crippen LogP contribution in [-0.2, 0) is 10.0 Å². The summed E-state index contributed by atoms with van der Waals surface area (Å²) < 4.78 is 69.8. The zero-order valence-corrected chi connectivity index (χ0v) is 21.6. The Morgan fingerprint density at radius 2 is 1.76 bits per heavy atom. The standard InChI is InChI=1S/C27H23F3N2O4S2/c1-16(23-15-37-26(31-23)17-7-3-2-4-8-17)21-14-36-24-13-18(11-12-20(24)25(21)33)19-9-5-6-10-22(19)32-38(34,35)27(28,29)30/h2-13,15-16,21,25,32-33H,14H2,1H3/t16-,21-,25+/m1/s1. The second kappa shape index (κ2) is 10.0. The largest absolute Gasteiger partial charge is 0.516 e. The lowest BCUT2D eigenvalue weighted by Crippen LogP contribution is -2.30. The number of alkyl halides is 3. The molecule has 4 aromatic rings. The predicted molar refractivity (Wildman–Crippen MR) is 140 cm³/mol. The molecule has 11 heteroatoms. The summed E-state index contributed by atoms with van der Waals surface area (Å²) in [6.07, 6.45) is -0.858. The Balaban J connectivity index is 1.39. The molecule has 0 unspecified atom stereocenters. The number of sulfonamides is 1. The van der Waals surface area contributed by atoms with Gasteiger partial charge < -0.3 is 9.84 Å². The fraction of sp³-hybridized carbons (Fsp3) is 0.222. The SMILES string of the molecule is C[C@@H](c1csc(-c2ccccc2)n1)[C@H]1COc2cc(-c3ccccc3NS(=O)(=O)C(F)(F)F)ccc2[C@@H]1O. The van der Waals surface area contributed by atoms with Crippen molar-refractivity contribution in [3.05, 3.63) is 89.4 Å². The lowest BCUT2D eigenvalue weighted by molar-refractivity contribution is -0.0429. The van der Waals surface area contributed by atoms with Crippen LogP contribution in [0, 0.1) is 5.92 Å². The molecule has 38 heavy (non-hydrogen) atoms. The first-order valence-corrected chi connectivity index (χ1v) is 14.1. The topological polar surface area (TPSA) is 88.5 Å². The molecule has 2 heterocycles. The molecular formula is C27H23F3N2O4S2. The van der Waals surface area contributed by atoms with Crippen LogP contribution in [0.3, 0.4) is 0 Å². The summed E-state index contributed by atoms with van der Waals surface area (Å²) in [4.78, 5) is 4.77. The number of aliphatic hydroxyl groups is 1. The maximum absolute atomic E-state index is 12.9. The highest BCUT2D eigenvalue weighted by Crippen LogP contribution is 2.44. The number of benzene rings is 3. The third-order valence-electron chi connectivity index (χ3n) is 6.61. The Hall–Kier alpha value is -3.41. The van der Waals surface area contributed by atoms with Gasteiger partial charge in [0.1, 0.15) is 10.8 Å². The van der Waals surface area contributed by atoms with Crippen molar-refractivity contribution < 1.29 is 31.4 Å². The van der Waals surface area contributed by atoms with Gasteiger partial charge in [0.05, 0.1) is 24.1 Å². The van der Waals surface area contributed by atoms with Gasteiger partial charge in [-0.05, 0) is 17.7 Å². The lowest BCUT2D eigenvalue weighted by atomic mass is 9.82. The van der Waals surface area contributed by atoms with Crippen LogP contribution in [0.2, 0.25) is 0 Å². The minimum Gasteiger partial charge on any atom is -0.493 e. The van der Waals surface area contributed by atoms with E-state index in [0.717, 1.165) is 16.3 Å². The summed E-state index contributed by atoms with van der Waals surface area (Å²) in [6.45, 7) is 2.20. The number of para-hydroxylation sites is 1. The minimum atomic E-state index is -5.59. The van der Waals surface area contributed by atoms with Gasteiger partial charge in [-0.1, -0.05) is 67.6 Å². The average Bonchev–Trinajstić information content (AvgIpc) is 3.39. The normalized spacial score (nSPS) is 18.3. The molecule has 3 aromatic carbocycles. The first-order chi connectivity index (χ1) is 18.0. The van der Waals surface area contributed by atoms with E-state index in [9.17, 15) is 26.7 Å². The molecular weight excluding hydrogens is 537 g/mol. The van der Waals surface area contributed by atoms with Crippen molar-refractivity contribution in [2.24, 2.45) is 5.92 Å². The number of halogens is 3. The summed E-state index contributed by atoms with van der Waals surface area (Å²) in [6, 6.07) is 20.5. The number of hydrogen-bond acceptors (Lipinski definition) is 6. The van der Waals surface area contributed by atoms with Gasteiger partial charge in [-0.3, -0.25) is 4.72 Å². The van der Waals surface area contributed by atoms with Gasteiger partial charge >= 0.3 is 15.5 Å². The Kier molecular flexibility index (Phi) is 6.93. The molecule has 2 N–H and O–H groups in total. The molecule has 198 valence electrons. The van der Waals surface area contributed by atoms with Crippen LogP contribution >= 0.6 is 11.3 Å². The zero-order valence-electron chi connectivity index (χ0n) is 20.0. The molecule has 5 rings (SSSR count). The third kappa shape index (κ3) is 5.01. The van der Waals surface area contributed by atoms with Crippen LogP contribution in [0.1, 0.15) is 30.2 Å². The Morgan fingerprint density at radius 3 is 2.50 bits per heavy atom. The van der Waals surface area contributed by atoms with Crippen LogP contribution in [0.4, 0.5) is 18.9 Å². The summed E-state index contributed by atoms with van der Waals surface area (Å²) in [5.74, 6) is 0.00387. The fourth-order valence-corrected chi connectivity index (χ4v) is 5.96. The predicted octanol–water partition coefficient (Wildman–Crippen LogP) is 6.58. The van der Waals surface area contributed by atoms with Gasteiger partial charge in [0.15, 0.2) is 0 Å². The summed E-state index contributed by atoms with van der Waals surface area (Å²) >= 11 is 1.54. The van der Waals surface area contributed by atoms with Gasteiger partial charge in [0.2, 0.25) is 0 Å². The van der Waals surface area contributed by atoms with E-state index in [1.54, 1.807) is 29.0 Å². The maximum atomic E-state index is 12.9. The van der Waals surface area contributed by atoms with Crippen molar-refractivity contribution in [1.82, 2.24) is 4.98 Å². The van der Waals surface area contributed by atoms with E-state index >= 15 is 0 Å². The molecule has 0 radical (unpaired) electrons. The molecule has 1 aromatic heterocycles. The van der Waals surface area contributed by atoms with Gasteiger partial charge in [0.25, 0.3) is 0 Å². The molecule has 0 fully saturated rings. The van der Waals surface area contributed by atoms with Crippen molar-refractivity contribution in [1.29, 1.82) is 0 Å². The Morgan fingerprint density at radius 1 is 1.05 bits per heavy atom. The molecule has 0 amide bonds. The van der Waals surface area contributed by atoms with Crippen molar-refractivity contribution in [2.45, 2.75) is 24.5 Å². The zero-order chi connectivity index (χ0) is 27.1. The van der Waals surface area contributed by atoms with Crippen molar-refractivity contribution >= 4 is 27.0 Å². The van der Waals surface area contributed by atoms with E-state index in [4.69, 9.17) is 9.72 Å². The quantitative estimate of drug-likeness (QED) is 0.278. The highest BCUT2D eigenvalue weighted by molar-refractivity contribution is 7.93. The van der Waals surface area contributed by atoms with Gasteiger partial charge in [-0.2, -0.15) is 21.6 Å². The summed E-state index contributed by atoms with van der Waals surface area (Å²) in [5, 5.41) is 14.1. The summed E-state index contributed by atoms with van der Waals surface area (Å²) in [7, 11) is -5.59. The van der Waals surface area contributed by atoms with Crippen LogP contribution in [-0.4, -0.2) is 30.6 Å². The van der Waals surface area contributed by atoms with Gasteiger partial charge in [-0.15, -0.1) is 11.3 Å². The molecule has 3 atom stereocenters. The number of fused-ring (bicyclic) bond motifs is 1. The Labute approximate surface area is 221 Å². The van der Waals surface area contributed by atoms with Crippen LogP contribution in [0.5, 0.6) is 5.75 Å².